The fourth-order valence-electron chi connectivity index (χ4n) is 3.06. The lowest BCUT2D eigenvalue weighted by atomic mass is 10.2. The van der Waals surface area contributed by atoms with Crippen LogP contribution in [0.2, 0.25) is 10.0 Å². The van der Waals surface area contributed by atoms with Gasteiger partial charge in [0.2, 0.25) is 6.79 Å². The van der Waals surface area contributed by atoms with Gasteiger partial charge in [0.25, 0.3) is 0 Å². The van der Waals surface area contributed by atoms with E-state index in [1.807, 2.05) is 12.1 Å². The van der Waals surface area contributed by atoms with Gasteiger partial charge in [0, 0.05) is 43.0 Å². The molecule has 0 unspecified atom stereocenters. The predicted molar refractivity (Wildman–Crippen MR) is 102 cm³/mol. The Morgan fingerprint density at radius 1 is 0.962 bits per heavy atom. The highest BCUT2D eigenvalue weighted by molar-refractivity contribution is 6.36. The summed E-state index contributed by atoms with van der Waals surface area (Å²) < 4.78 is 10.6. The van der Waals surface area contributed by atoms with Crippen LogP contribution in [0, 0.1) is 0 Å². The Bertz CT molecular complexity index is 838. The Kier molecular flexibility index (Phi) is 4.70. The molecule has 1 fully saturated rings. The molecule has 0 aromatic heterocycles. The van der Waals surface area contributed by atoms with Crippen LogP contribution in [0.5, 0.6) is 11.5 Å². The average molecular weight is 394 g/mol. The Balaban J connectivity index is 1.36. The summed E-state index contributed by atoms with van der Waals surface area (Å²) in [5, 5.41) is 4.14. The van der Waals surface area contributed by atoms with E-state index in [1.54, 1.807) is 29.2 Å². The quantitative estimate of drug-likeness (QED) is 0.834. The number of nitrogens with zero attached hydrogens (tertiary/aromatic N) is 2. The number of piperazine rings is 1. The van der Waals surface area contributed by atoms with E-state index in [0.717, 1.165) is 5.69 Å². The van der Waals surface area contributed by atoms with E-state index in [9.17, 15) is 4.79 Å². The van der Waals surface area contributed by atoms with Crippen LogP contribution in [0.15, 0.2) is 36.4 Å². The number of amides is 2. The minimum absolute atomic E-state index is 0.134. The van der Waals surface area contributed by atoms with Crippen molar-refractivity contribution in [3.05, 3.63) is 46.4 Å². The number of urea groups is 1. The smallest absolute Gasteiger partial charge is 0.321 e. The molecule has 2 aliphatic heterocycles. The first-order chi connectivity index (χ1) is 12.6. The molecule has 0 radical (unpaired) electrons. The third kappa shape index (κ3) is 3.48. The number of fused-ring (bicyclic) bond motifs is 1. The normalized spacial score (nSPS) is 15.9. The number of carbonyl (C=O) groups is 1. The van der Waals surface area contributed by atoms with Crippen molar-refractivity contribution in [2.45, 2.75) is 0 Å². The number of carbonyl (C=O) groups excluding carboxylic acids is 1. The molecule has 2 aromatic rings. The molecule has 26 heavy (non-hydrogen) atoms. The standard InChI is InChI=1S/C18H17Cl2N3O3/c19-12-1-3-15(14(20)9-12)22-5-7-23(8-6-22)18(24)21-13-2-4-16-17(10-13)26-11-25-16/h1-4,9-10H,5-8,11H2,(H,21,24). The molecule has 2 aromatic carbocycles. The first kappa shape index (κ1) is 17.1. The summed E-state index contributed by atoms with van der Waals surface area (Å²) in [6.07, 6.45) is 0. The molecule has 6 nitrogen and oxygen atoms in total. The van der Waals surface area contributed by atoms with Crippen molar-refractivity contribution in [1.29, 1.82) is 0 Å². The second kappa shape index (κ2) is 7.13. The number of nitrogens with one attached hydrogen (secondary N) is 1. The third-order valence-corrected chi connectivity index (χ3v) is 4.98. The number of ether oxygens (including phenoxy) is 2. The summed E-state index contributed by atoms with van der Waals surface area (Å²) >= 11 is 12.2. The van der Waals surface area contributed by atoms with Crippen molar-refractivity contribution < 1.29 is 14.3 Å². The summed E-state index contributed by atoms with van der Waals surface area (Å²) in [5.41, 5.74) is 1.62. The highest BCUT2D eigenvalue weighted by atomic mass is 35.5. The van der Waals surface area contributed by atoms with Crippen molar-refractivity contribution in [1.82, 2.24) is 4.90 Å². The molecule has 0 spiro atoms. The molecule has 0 saturated carbocycles. The highest BCUT2D eigenvalue weighted by Crippen LogP contribution is 2.34. The van der Waals surface area contributed by atoms with Crippen LogP contribution in [0.1, 0.15) is 0 Å². The number of halogens is 2. The van der Waals surface area contributed by atoms with E-state index in [2.05, 4.69) is 10.2 Å². The molecular formula is C18H17Cl2N3O3. The molecule has 8 heteroatoms. The van der Waals surface area contributed by atoms with E-state index < -0.39 is 0 Å². The van der Waals surface area contributed by atoms with E-state index >= 15 is 0 Å². The Labute approximate surface area is 161 Å². The Morgan fingerprint density at radius 2 is 1.73 bits per heavy atom. The van der Waals surface area contributed by atoms with Crippen LogP contribution in [-0.4, -0.2) is 43.9 Å². The van der Waals surface area contributed by atoms with Gasteiger partial charge in [-0.15, -0.1) is 0 Å². The summed E-state index contributed by atoms with van der Waals surface area (Å²) in [6.45, 7) is 2.83. The van der Waals surface area contributed by atoms with Gasteiger partial charge in [-0.1, -0.05) is 23.2 Å². The van der Waals surface area contributed by atoms with Gasteiger partial charge in [-0.2, -0.15) is 0 Å². The van der Waals surface area contributed by atoms with Crippen molar-refractivity contribution >= 4 is 40.6 Å². The molecule has 1 saturated heterocycles. The van der Waals surface area contributed by atoms with Crippen molar-refractivity contribution in [3.63, 3.8) is 0 Å². The van der Waals surface area contributed by atoms with Gasteiger partial charge in [0.15, 0.2) is 11.5 Å². The molecular weight excluding hydrogens is 377 g/mol. The molecule has 2 aliphatic rings. The van der Waals surface area contributed by atoms with Crippen LogP contribution in [0.25, 0.3) is 0 Å². The Hall–Kier alpha value is -2.31. The number of rotatable bonds is 2. The van der Waals surface area contributed by atoms with Crippen LogP contribution >= 0.6 is 23.2 Å². The topological polar surface area (TPSA) is 54.0 Å². The minimum atomic E-state index is -0.134. The van der Waals surface area contributed by atoms with Crippen molar-refractivity contribution in [2.24, 2.45) is 0 Å². The molecule has 1 N–H and O–H groups in total. The van der Waals surface area contributed by atoms with Gasteiger partial charge in [0.1, 0.15) is 0 Å². The molecule has 4 rings (SSSR count). The maximum absolute atomic E-state index is 12.5. The predicted octanol–water partition coefficient (Wildman–Crippen LogP) is 4.08. The van der Waals surface area contributed by atoms with Crippen molar-refractivity contribution in [2.75, 3.05) is 43.2 Å². The summed E-state index contributed by atoms with van der Waals surface area (Å²) in [4.78, 5) is 16.4. The second-order valence-electron chi connectivity index (χ2n) is 6.07. The van der Waals surface area contributed by atoms with Gasteiger partial charge < -0.3 is 24.6 Å². The number of hydrogen-bond acceptors (Lipinski definition) is 4. The van der Waals surface area contributed by atoms with E-state index in [1.165, 1.54) is 0 Å². The lowest BCUT2D eigenvalue weighted by Gasteiger charge is -2.36. The second-order valence-corrected chi connectivity index (χ2v) is 6.91. The molecule has 0 bridgehead atoms. The fraction of sp³-hybridized carbons (Fsp3) is 0.278. The molecule has 2 amide bonds. The number of anilines is 2. The van der Waals surface area contributed by atoms with Gasteiger partial charge in [-0.05, 0) is 30.3 Å². The lowest BCUT2D eigenvalue weighted by molar-refractivity contribution is 0.174. The first-order valence-corrected chi connectivity index (χ1v) is 9.01. The van der Waals surface area contributed by atoms with Crippen LogP contribution in [-0.2, 0) is 0 Å². The van der Waals surface area contributed by atoms with E-state index in [4.69, 9.17) is 32.7 Å². The van der Waals surface area contributed by atoms with Crippen LogP contribution in [0.3, 0.4) is 0 Å². The Morgan fingerprint density at radius 3 is 2.50 bits per heavy atom. The van der Waals surface area contributed by atoms with E-state index in [0.29, 0.717) is 53.4 Å². The number of hydrogen-bond donors (Lipinski definition) is 1. The maximum atomic E-state index is 12.5. The summed E-state index contributed by atoms with van der Waals surface area (Å²) in [7, 11) is 0. The van der Waals surface area contributed by atoms with Crippen LogP contribution < -0.4 is 19.7 Å². The average Bonchev–Trinajstić information content (AvgIpc) is 3.10. The maximum Gasteiger partial charge on any atom is 0.321 e. The number of benzene rings is 2. The monoisotopic (exact) mass is 393 g/mol. The zero-order valence-corrected chi connectivity index (χ0v) is 15.4. The van der Waals surface area contributed by atoms with Crippen molar-refractivity contribution in [3.8, 4) is 11.5 Å². The molecule has 2 heterocycles. The van der Waals surface area contributed by atoms with Gasteiger partial charge >= 0.3 is 6.03 Å². The SMILES string of the molecule is O=C(Nc1ccc2c(c1)OCO2)N1CCN(c2ccc(Cl)cc2Cl)CC1. The fourth-order valence-corrected chi connectivity index (χ4v) is 3.59. The summed E-state index contributed by atoms with van der Waals surface area (Å²) in [5.74, 6) is 1.33. The van der Waals surface area contributed by atoms with Crippen LogP contribution in [0.4, 0.5) is 16.2 Å². The lowest BCUT2D eigenvalue weighted by Crippen LogP contribution is -2.50. The zero-order valence-electron chi connectivity index (χ0n) is 13.9. The highest BCUT2D eigenvalue weighted by Gasteiger charge is 2.23. The van der Waals surface area contributed by atoms with E-state index in [-0.39, 0.29) is 12.8 Å². The first-order valence-electron chi connectivity index (χ1n) is 8.26. The molecule has 136 valence electrons. The van der Waals surface area contributed by atoms with Gasteiger partial charge in [0.05, 0.1) is 10.7 Å². The molecule has 0 atom stereocenters. The third-order valence-electron chi connectivity index (χ3n) is 4.44. The van der Waals surface area contributed by atoms with Gasteiger partial charge in [-0.25, -0.2) is 4.79 Å². The summed E-state index contributed by atoms with van der Waals surface area (Å²) in [6, 6.07) is 10.7. The van der Waals surface area contributed by atoms with Gasteiger partial charge in [-0.3, -0.25) is 0 Å². The minimum Gasteiger partial charge on any atom is -0.454 e. The molecule has 0 aliphatic carbocycles. The largest absolute Gasteiger partial charge is 0.454 e. The zero-order chi connectivity index (χ0) is 18.1.